The number of para-hydroxylation sites is 1. The molecule has 2 aliphatic heterocycles. The number of benzene rings is 2. The van der Waals surface area contributed by atoms with Crippen LogP contribution in [0.1, 0.15) is 36.0 Å². The summed E-state index contributed by atoms with van der Waals surface area (Å²) in [7, 11) is 0. The van der Waals surface area contributed by atoms with Gasteiger partial charge in [0.25, 0.3) is 0 Å². The van der Waals surface area contributed by atoms with Crippen LogP contribution in [0.5, 0.6) is 5.75 Å². The van der Waals surface area contributed by atoms with E-state index in [0.717, 1.165) is 16.8 Å². The molecule has 0 spiro atoms. The van der Waals surface area contributed by atoms with Gasteiger partial charge in [-0.15, -0.1) is 0 Å². The summed E-state index contributed by atoms with van der Waals surface area (Å²) in [6.45, 7) is 5.96. The quantitative estimate of drug-likeness (QED) is 0.205. The Labute approximate surface area is 232 Å². The van der Waals surface area contributed by atoms with Crippen LogP contribution in [-0.2, 0) is 19.2 Å². The van der Waals surface area contributed by atoms with Gasteiger partial charge in [0, 0.05) is 28.3 Å². The smallest absolute Gasteiger partial charge is 0.316 e. The fourth-order valence-electron chi connectivity index (χ4n) is 5.79. The van der Waals surface area contributed by atoms with Crippen LogP contribution in [0.3, 0.4) is 0 Å². The van der Waals surface area contributed by atoms with Crippen molar-refractivity contribution >= 4 is 66.9 Å². The molecular formula is C28H28Br2N2O5. The van der Waals surface area contributed by atoms with Gasteiger partial charge in [0.2, 0.25) is 17.7 Å². The molecule has 0 bridgehead atoms. The van der Waals surface area contributed by atoms with Crippen LogP contribution < -0.4 is 14.5 Å². The molecule has 5 atom stereocenters. The highest BCUT2D eigenvalue weighted by Crippen LogP contribution is 2.45. The van der Waals surface area contributed by atoms with E-state index in [2.05, 4.69) is 31.9 Å². The van der Waals surface area contributed by atoms with Gasteiger partial charge in [-0.3, -0.25) is 19.2 Å². The summed E-state index contributed by atoms with van der Waals surface area (Å²) in [5.41, 5.74) is 3.99. The molecule has 5 rings (SSSR count). The molecule has 9 heteroatoms. The summed E-state index contributed by atoms with van der Waals surface area (Å²) < 4.78 is 5.65. The number of nitrogens with zero attached hydrogens (tertiary/aromatic N) is 2. The molecule has 194 valence electrons. The summed E-state index contributed by atoms with van der Waals surface area (Å²) in [5, 5.41) is 0. The van der Waals surface area contributed by atoms with Crippen molar-refractivity contribution in [2.24, 2.45) is 17.8 Å². The zero-order valence-corrected chi connectivity index (χ0v) is 24.0. The average Bonchev–Trinajstić information content (AvgIpc) is 3.32. The number of esters is 1. The SMILES string of the molecule is Cc1cc(OC(=O)[C@@H]2CC(=O)N(c3c(C)cccc3C)C2)ccc1N1C(=O)[C@H]2C[C@@H](Br)[C@@H](Br)C[C@H]2C1=O. The molecule has 0 radical (unpaired) electrons. The van der Waals surface area contributed by atoms with Gasteiger partial charge < -0.3 is 9.64 Å². The fraction of sp³-hybridized carbons (Fsp3) is 0.429. The van der Waals surface area contributed by atoms with E-state index in [9.17, 15) is 19.2 Å². The number of anilines is 2. The highest BCUT2D eigenvalue weighted by molar-refractivity contribution is 9.12. The molecule has 7 nitrogen and oxygen atoms in total. The monoisotopic (exact) mass is 630 g/mol. The standard InChI is InChI=1S/C28H28Br2N2O5/c1-14-5-4-6-15(2)25(14)31-13-17(10-24(31)33)28(36)37-18-7-8-23(16(3)9-18)32-26(34)19-11-21(29)22(30)12-20(19)27(32)35/h4-9,17,19-22H,10-13H2,1-3H3/t17-,19-,20+,21+,22-/m1/s1. The number of fused-ring (bicyclic) bond motifs is 1. The van der Waals surface area contributed by atoms with Gasteiger partial charge in [-0.2, -0.15) is 0 Å². The number of aryl methyl sites for hydroxylation is 3. The Morgan fingerprint density at radius 1 is 0.892 bits per heavy atom. The molecular weight excluding hydrogens is 604 g/mol. The molecule has 37 heavy (non-hydrogen) atoms. The largest absolute Gasteiger partial charge is 0.426 e. The van der Waals surface area contributed by atoms with Crippen LogP contribution in [0.25, 0.3) is 0 Å². The molecule has 2 heterocycles. The summed E-state index contributed by atoms with van der Waals surface area (Å²) in [6.07, 6.45) is 1.30. The third-order valence-corrected chi connectivity index (χ3v) is 10.4. The van der Waals surface area contributed by atoms with Crippen LogP contribution in [0.4, 0.5) is 11.4 Å². The van der Waals surface area contributed by atoms with Crippen LogP contribution in [-0.4, -0.2) is 39.9 Å². The second-order valence-electron chi connectivity index (χ2n) is 10.2. The van der Waals surface area contributed by atoms with Crippen molar-refractivity contribution in [1.82, 2.24) is 0 Å². The first kappa shape index (κ1) is 26.1. The van der Waals surface area contributed by atoms with Crippen molar-refractivity contribution in [2.75, 3.05) is 16.3 Å². The first-order valence-corrected chi connectivity index (χ1v) is 14.2. The third kappa shape index (κ3) is 4.65. The van der Waals surface area contributed by atoms with Gasteiger partial charge in [-0.1, -0.05) is 50.1 Å². The molecule has 3 amide bonds. The van der Waals surface area contributed by atoms with Crippen LogP contribution in [0.15, 0.2) is 36.4 Å². The van der Waals surface area contributed by atoms with Gasteiger partial charge >= 0.3 is 5.97 Å². The Balaban J connectivity index is 1.30. The van der Waals surface area contributed by atoms with Crippen LogP contribution in [0, 0.1) is 38.5 Å². The summed E-state index contributed by atoms with van der Waals surface area (Å²) in [5.74, 6) is -1.85. The van der Waals surface area contributed by atoms with Crippen LogP contribution >= 0.6 is 31.9 Å². The topological polar surface area (TPSA) is 84.0 Å². The highest BCUT2D eigenvalue weighted by atomic mass is 79.9. The number of halogens is 2. The lowest BCUT2D eigenvalue weighted by Gasteiger charge is -2.29. The normalized spacial score (nSPS) is 27.6. The molecule has 2 aromatic carbocycles. The lowest BCUT2D eigenvalue weighted by atomic mass is 9.81. The summed E-state index contributed by atoms with van der Waals surface area (Å²) in [4.78, 5) is 55.3. The molecule has 0 aromatic heterocycles. The number of carbonyl (C=O) groups is 4. The number of carbonyl (C=O) groups excluding carboxylic acids is 4. The zero-order valence-electron chi connectivity index (χ0n) is 20.9. The zero-order chi connectivity index (χ0) is 26.6. The van der Waals surface area contributed by atoms with Crippen molar-refractivity contribution < 1.29 is 23.9 Å². The molecule has 2 aromatic rings. The van der Waals surface area contributed by atoms with E-state index < -0.39 is 11.9 Å². The van der Waals surface area contributed by atoms with E-state index in [1.165, 1.54) is 4.90 Å². The second-order valence-corrected chi connectivity index (χ2v) is 12.6. The molecule has 0 unspecified atom stereocenters. The highest BCUT2D eigenvalue weighted by Gasteiger charge is 2.52. The van der Waals surface area contributed by atoms with E-state index in [1.54, 1.807) is 30.0 Å². The number of rotatable bonds is 4. The number of alkyl halides is 2. The minimum atomic E-state index is -0.578. The van der Waals surface area contributed by atoms with Gasteiger partial charge in [0.05, 0.1) is 23.4 Å². The maximum Gasteiger partial charge on any atom is 0.316 e. The molecule has 2 saturated heterocycles. The van der Waals surface area contributed by atoms with Crippen molar-refractivity contribution in [1.29, 1.82) is 0 Å². The number of ether oxygens (including phenoxy) is 1. The van der Waals surface area contributed by atoms with E-state index >= 15 is 0 Å². The molecule has 3 fully saturated rings. The van der Waals surface area contributed by atoms with Gasteiger partial charge in [-0.05, 0) is 68.5 Å². The second kappa shape index (κ2) is 9.98. The van der Waals surface area contributed by atoms with Crippen molar-refractivity contribution in [3.63, 3.8) is 0 Å². The Morgan fingerprint density at radius 3 is 2.05 bits per heavy atom. The number of hydrogen-bond acceptors (Lipinski definition) is 5. The Hall–Kier alpha value is -2.52. The van der Waals surface area contributed by atoms with Crippen LogP contribution in [0.2, 0.25) is 0 Å². The third-order valence-electron chi connectivity index (χ3n) is 7.71. The predicted molar refractivity (Wildman–Crippen MR) is 147 cm³/mol. The van der Waals surface area contributed by atoms with Crippen molar-refractivity contribution in [2.45, 2.75) is 49.7 Å². The fourth-order valence-corrected chi connectivity index (χ4v) is 7.02. The van der Waals surface area contributed by atoms with E-state index in [0.29, 0.717) is 29.8 Å². The first-order valence-electron chi connectivity index (χ1n) is 12.4. The van der Waals surface area contributed by atoms with Gasteiger partial charge in [0.15, 0.2) is 0 Å². The van der Waals surface area contributed by atoms with E-state index in [4.69, 9.17) is 4.74 Å². The molecule has 3 aliphatic rings. The Morgan fingerprint density at radius 2 is 1.49 bits per heavy atom. The Kier molecular flexibility index (Phi) is 7.04. The molecule has 1 saturated carbocycles. The Bertz CT molecular complexity index is 1260. The predicted octanol–water partition coefficient (Wildman–Crippen LogP) is 5.00. The number of hydrogen-bond donors (Lipinski definition) is 0. The average molecular weight is 632 g/mol. The first-order chi connectivity index (χ1) is 17.6. The lowest BCUT2D eigenvalue weighted by Crippen LogP contribution is -2.34. The molecule has 0 N–H and O–H groups in total. The summed E-state index contributed by atoms with van der Waals surface area (Å²) >= 11 is 7.23. The summed E-state index contributed by atoms with van der Waals surface area (Å²) in [6, 6.07) is 10.8. The van der Waals surface area contributed by atoms with Crippen molar-refractivity contribution in [3.8, 4) is 5.75 Å². The minimum Gasteiger partial charge on any atom is -0.426 e. The van der Waals surface area contributed by atoms with E-state index in [1.807, 2.05) is 32.0 Å². The van der Waals surface area contributed by atoms with Gasteiger partial charge in [-0.25, -0.2) is 4.90 Å². The van der Waals surface area contributed by atoms with Crippen molar-refractivity contribution in [3.05, 3.63) is 53.1 Å². The number of amides is 3. The maximum absolute atomic E-state index is 13.2. The minimum absolute atomic E-state index is 0.0896. The van der Waals surface area contributed by atoms with E-state index in [-0.39, 0.29) is 52.2 Å². The molecule has 1 aliphatic carbocycles. The van der Waals surface area contributed by atoms with Gasteiger partial charge in [0.1, 0.15) is 5.75 Å². The maximum atomic E-state index is 13.2. The number of imide groups is 1. The lowest BCUT2D eigenvalue weighted by molar-refractivity contribution is -0.139.